The lowest BCUT2D eigenvalue weighted by molar-refractivity contribution is 0.434. The van der Waals surface area contributed by atoms with Crippen LogP contribution in [0.25, 0.3) is 66.8 Å². The van der Waals surface area contributed by atoms with Crippen molar-refractivity contribution >= 4 is 21.5 Å². The number of nitrogens with zero attached hydrogens (tertiary/aromatic N) is 4. The van der Waals surface area contributed by atoms with Crippen LogP contribution in [0.2, 0.25) is 0 Å². The molecule has 8 aromatic carbocycles. The second-order valence-corrected chi connectivity index (χ2v) is 14.6. The van der Waals surface area contributed by atoms with E-state index in [1.807, 2.05) is 54.9 Å². The Bertz CT molecular complexity index is 3090. The highest BCUT2D eigenvalue weighted by atomic mass is 16.5. The summed E-state index contributed by atoms with van der Waals surface area (Å²) < 4.78 is 6.62. The zero-order valence-corrected chi connectivity index (χ0v) is 31.3. The third-order valence-corrected chi connectivity index (χ3v) is 11.4. The highest BCUT2D eigenvalue weighted by Crippen LogP contribution is 2.55. The molecule has 0 aliphatic carbocycles. The fourth-order valence-electron chi connectivity index (χ4n) is 8.66. The first-order valence-corrected chi connectivity index (χ1v) is 19.5. The van der Waals surface area contributed by atoms with E-state index in [2.05, 4.69) is 157 Å². The van der Waals surface area contributed by atoms with Crippen LogP contribution in [0.4, 0.5) is 0 Å². The number of para-hydroxylation sites is 2. The number of benzene rings is 8. The lowest BCUT2D eigenvalue weighted by atomic mass is 9.63. The van der Waals surface area contributed by atoms with Gasteiger partial charge in [0.1, 0.15) is 11.5 Å². The third kappa shape index (κ3) is 5.47. The largest absolute Gasteiger partial charge is 0.457 e. The zero-order chi connectivity index (χ0) is 38.5. The molecule has 0 spiro atoms. The van der Waals surface area contributed by atoms with Crippen LogP contribution >= 0.6 is 0 Å². The number of rotatable bonds is 6. The minimum atomic E-state index is -0.693. The molecule has 0 saturated carbocycles. The fourth-order valence-corrected chi connectivity index (χ4v) is 8.66. The van der Waals surface area contributed by atoms with Gasteiger partial charge in [0.05, 0.1) is 5.41 Å². The van der Waals surface area contributed by atoms with Gasteiger partial charge >= 0.3 is 0 Å². The molecule has 5 nitrogen and oxygen atoms in total. The highest BCUT2D eigenvalue weighted by molar-refractivity contribution is 5.96. The summed E-state index contributed by atoms with van der Waals surface area (Å²) in [5.74, 6) is 3.53. The zero-order valence-electron chi connectivity index (χ0n) is 31.3. The first-order valence-electron chi connectivity index (χ1n) is 19.5. The van der Waals surface area contributed by atoms with Gasteiger partial charge in [0.2, 0.25) is 0 Å². The number of fused-ring (bicyclic) bond motifs is 4. The molecule has 11 rings (SSSR count). The molecule has 1 aliphatic heterocycles. The van der Waals surface area contributed by atoms with Crippen molar-refractivity contribution in [1.29, 1.82) is 0 Å². The average Bonchev–Trinajstić information content (AvgIpc) is 3.30. The minimum absolute atomic E-state index is 0.609. The van der Waals surface area contributed by atoms with Crippen molar-refractivity contribution in [3.05, 3.63) is 229 Å². The molecule has 272 valence electrons. The van der Waals surface area contributed by atoms with E-state index in [9.17, 15) is 0 Å². The molecule has 0 radical (unpaired) electrons. The van der Waals surface area contributed by atoms with Crippen LogP contribution in [-0.4, -0.2) is 19.9 Å². The molecule has 0 bridgehead atoms. The van der Waals surface area contributed by atoms with Gasteiger partial charge in [0, 0.05) is 51.2 Å². The summed E-state index contributed by atoms with van der Waals surface area (Å²) in [4.78, 5) is 19.9. The van der Waals surface area contributed by atoms with E-state index in [1.165, 1.54) is 5.39 Å². The summed E-state index contributed by atoms with van der Waals surface area (Å²) in [6.07, 6.45) is 3.88. The van der Waals surface area contributed by atoms with Crippen molar-refractivity contribution in [2.45, 2.75) is 5.41 Å². The van der Waals surface area contributed by atoms with Crippen LogP contribution in [0.1, 0.15) is 22.3 Å². The lowest BCUT2D eigenvalue weighted by Crippen LogP contribution is -2.34. The highest BCUT2D eigenvalue weighted by Gasteiger charge is 2.45. The van der Waals surface area contributed by atoms with Crippen molar-refractivity contribution < 1.29 is 4.74 Å². The molecule has 0 N–H and O–H groups in total. The molecule has 0 unspecified atom stereocenters. The van der Waals surface area contributed by atoms with Crippen LogP contribution in [0.5, 0.6) is 11.5 Å². The molecule has 5 heteroatoms. The van der Waals surface area contributed by atoms with Gasteiger partial charge in [-0.25, -0.2) is 15.0 Å². The van der Waals surface area contributed by atoms with Crippen LogP contribution in [0, 0.1) is 0 Å². The predicted octanol–water partition coefficient (Wildman–Crippen LogP) is 12.7. The maximum atomic E-state index is 6.62. The molecular weight excluding hydrogens is 709 g/mol. The Morgan fingerprint density at radius 1 is 0.345 bits per heavy atom. The predicted molar refractivity (Wildman–Crippen MR) is 233 cm³/mol. The van der Waals surface area contributed by atoms with Crippen LogP contribution in [0.15, 0.2) is 207 Å². The van der Waals surface area contributed by atoms with Crippen LogP contribution in [0.3, 0.4) is 0 Å². The van der Waals surface area contributed by atoms with Crippen LogP contribution in [-0.2, 0) is 5.41 Å². The van der Waals surface area contributed by atoms with Crippen molar-refractivity contribution in [3.8, 4) is 56.8 Å². The summed E-state index contributed by atoms with van der Waals surface area (Å²) in [7, 11) is 0. The van der Waals surface area contributed by atoms with Gasteiger partial charge in [0.25, 0.3) is 0 Å². The molecule has 0 saturated heterocycles. The van der Waals surface area contributed by atoms with Crippen molar-refractivity contribution in [3.63, 3.8) is 0 Å². The second kappa shape index (κ2) is 13.8. The first-order chi connectivity index (χ1) is 28.7. The molecule has 2 aromatic heterocycles. The Morgan fingerprint density at radius 2 is 0.845 bits per heavy atom. The second-order valence-electron chi connectivity index (χ2n) is 14.6. The van der Waals surface area contributed by atoms with Gasteiger partial charge in [-0.3, -0.25) is 4.98 Å². The molecule has 3 heterocycles. The standard InChI is InChI=1S/C53H34N4O/c1-2-14-37(15-3-1)50-55-51(57-52(56-50)44-20-12-17-35-13-4-6-18-42(35)44)38-27-31-41(32-28-38)53(46-21-8-10-23-48(46)58-49-24-11-9-22-47(49)53)40-29-25-36(26-30-40)45-34-54-33-39-16-5-7-19-43(39)45/h1-34H. The Morgan fingerprint density at radius 3 is 1.52 bits per heavy atom. The van der Waals surface area contributed by atoms with Crippen molar-refractivity contribution in [1.82, 2.24) is 19.9 Å². The number of hydrogen-bond donors (Lipinski definition) is 0. The molecule has 58 heavy (non-hydrogen) atoms. The summed E-state index contributed by atoms with van der Waals surface area (Å²) in [6.45, 7) is 0. The van der Waals surface area contributed by atoms with Gasteiger partial charge in [-0.15, -0.1) is 0 Å². The van der Waals surface area contributed by atoms with E-state index in [0.717, 1.165) is 77.7 Å². The Hall–Kier alpha value is -7.76. The number of hydrogen-bond acceptors (Lipinski definition) is 5. The Labute approximate surface area is 336 Å². The summed E-state index contributed by atoms with van der Waals surface area (Å²) >= 11 is 0. The quantitative estimate of drug-likeness (QED) is 0.170. The molecule has 0 fully saturated rings. The molecule has 0 amide bonds. The smallest absolute Gasteiger partial charge is 0.164 e. The van der Waals surface area contributed by atoms with E-state index < -0.39 is 5.41 Å². The number of ether oxygens (including phenoxy) is 1. The lowest BCUT2D eigenvalue weighted by Gasteiger charge is -2.41. The van der Waals surface area contributed by atoms with Gasteiger partial charge in [-0.2, -0.15) is 0 Å². The summed E-state index contributed by atoms with van der Waals surface area (Å²) in [5.41, 5.74) is 8.69. The maximum absolute atomic E-state index is 6.62. The normalized spacial score (nSPS) is 12.8. The van der Waals surface area contributed by atoms with E-state index >= 15 is 0 Å². The minimum Gasteiger partial charge on any atom is -0.457 e. The van der Waals surface area contributed by atoms with Crippen LogP contribution < -0.4 is 4.74 Å². The van der Waals surface area contributed by atoms with E-state index in [0.29, 0.717) is 17.5 Å². The summed E-state index contributed by atoms with van der Waals surface area (Å²) in [5, 5.41) is 4.52. The van der Waals surface area contributed by atoms with Crippen molar-refractivity contribution in [2.75, 3.05) is 0 Å². The molecular formula is C53H34N4O. The number of pyridine rings is 1. The maximum Gasteiger partial charge on any atom is 0.164 e. The average molecular weight is 743 g/mol. The monoisotopic (exact) mass is 742 g/mol. The fraction of sp³-hybridized carbons (Fsp3) is 0.0189. The molecule has 1 aliphatic rings. The van der Waals surface area contributed by atoms with E-state index in [-0.39, 0.29) is 0 Å². The van der Waals surface area contributed by atoms with Gasteiger partial charge < -0.3 is 4.74 Å². The summed E-state index contributed by atoms with van der Waals surface area (Å²) in [6, 6.07) is 67.6. The molecule has 10 aromatic rings. The first kappa shape index (κ1) is 33.6. The Balaban J connectivity index is 1.09. The Kier molecular flexibility index (Phi) is 7.97. The molecule has 0 atom stereocenters. The van der Waals surface area contributed by atoms with E-state index in [4.69, 9.17) is 19.7 Å². The van der Waals surface area contributed by atoms with E-state index in [1.54, 1.807) is 0 Å². The van der Waals surface area contributed by atoms with Gasteiger partial charge in [-0.1, -0.05) is 182 Å². The van der Waals surface area contributed by atoms with Gasteiger partial charge in [-0.05, 0) is 45.0 Å². The SMILES string of the molecule is c1ccc(-c2nc(-c3ccc(C4(c5ccc(-c6cncc7ccccc67)cc5)c5ccccc5Oc5ccccc54)cc3)nc(-c3cccc4ccccc34)n2)cc1. The topological polar surface area (TPSA) is 60.8 Å². The van der Waals surface area contributed by atoms with Crippen molar-refractivity contribution in [2.24, 2.45) is 0 Å². The third-order valence-electron chi connectivity index (χ3n) is 11.4. The van der Waals surface area contributed by atoms with Gasteiger partial charge in [0.15, 0.2) is 17.5 Å². The number of aromatic nitrogens is 4.